The molecule has 23 heavy (non-hydrogen) atoms. The Labute approximate surface area is 152 Å². The van der Waals surface area contributed by atoms with E-state index >= 15 is 0 Å². The number of benzene rings is 1. The van der Waals surface area contributed by atoms with Crippen molar-refractivity contribution in [2.45, 2.75) is 52.5 Å². The molecule has 0 radical (unpaired) electrons. The fourth-order valence-corrected chi connectivity index (χ4v) is 3.84. The van der Waals surface area contributed by atoms with Gasteiger partial charge in [-0.25, -0.2) is 0 Å². The molecule has 0 atom stereocenters. The summed E-state index contributed by atoms with van der Waals surface area (Å²) in [4.78, 5) is 12.1. The molecule has 0 bridgehead atoms. The Morgan fingerprint density at radius 3 is 2.52 bits per heavy atom. The molecule has 1 aromatic carbocycles. The van der Waals surface area contributed by atoms with Gasteiger partial charge in [0.1, 0.15) is 5.75 Å². The van der Waals surface area contributed by atoms with Gasteiger partial charge in [-0.2, -0.15) is 0 Å². The first-order chi connectivity index (χ1) is 10.8. The lowest BCUT2D eigenvalue weighted by molar-refractivity contribution is -0.124. The predicted molar refractivity (Wildman–Crippen MR) is 98.0 cm³/mol. The van der Waals surface area contributed by atoms with E-state index in [1.807, 2.05) is 6.07 Å². The molecule has 0 heterocycles. The van der Waals surface area contributed by atoms with E-state index in [1.165, 1.54) is 12.8 Å². The van der Waals surface area contributed by atoms with Crippen LogP contribution >= 0.6 is 27.5 Å². The average Bonchev–Trinajstić information content (AvgIpc) is 2.46. The highest BCUT2D eigenvalue weighted by molar-refractivity contribution is 9.10. The standard InChI is InChI=1S/C18H25BrClNO2/c1-18(2,3)12-4-7-14(8-5-12)21-17(22)11-23-16-9-6-13(19)10-15(16)20/h6,9-10,12,14H,4-5,7-8,11H2,1-3H3,(H,21,22). The molecule has 0 spiro atoms. The van der Waals surface area contributed by atoms with E-state index in [4.69, 9.17) is 16.3 Å². The molecule has 0 aromatic heterocycles. The maximum Gasteiger partial charge on any atom is 0.258 e. The van der Waals surface area contributed by atoms with Gasteiger partial charge in [0, 0.05) is 10.5 Å². The third-order valence-electron chi connectivity index (χ3n) is 4.57. The van der Waals surface area contributed by atoms with E-state index in [0.29, 0.717) is 16.2 Å². The van der Waals surface area contributed by atoms with Crippen molar-refractivity contribution in [2.75, 3.05) is 6.61 Å². The number of carbonyl (C=O) groups excluding carboxylic acids is 1. The lowest BCUT2D eigenvalue weighted by Crippen LogP contribution is -2.41. The normalized spacial score (nSPS) is 21.8. The quantitative estimate of drug-likeness (QED) is 0.751. The fourth-order valence-electron chi connectivity index (χ4n) is 3.11. The second kappa shape index (κ2) is 7.89. The third kappa shape index (κ3) is 5.68. The van der Waals surface area contributed by atoms with Gasteiger partial charge in [0.15, 0.2) is 6.61 Å². The highest BCUT2D eigenvalue weighted by Gasteiger charge is 2.30. The minimum Gasteiger partial charge on any atom is -0.482 e. The van der Waals surface area contributed by atoms with E-state index < -0.39 is 0 Å². The lowest BCUT2D eigenvalue weighted by atomic mass is 9.71. The van der Waals surface area contributed by atoms with Crippen LogP contribution in [-0.4, -0.2) is 18.6 Å². The number of hydrogen-bond donors (Lipinski definition) is 1. The monoisotopic (exact) mass is 401 g/mol. The number of hydrogen-bond acceptors (Lipinski definition) is 2. The summed E-state index contributed by atoms with van der Waals surface area (Å²) in [5.41, 5.74) is 0.358. The van der Waals surface area contributed by atoms with Crippen LogP contribution in [-0.2, 0) is 4.79 Å². The van der Waals surface area contributed by atoms with Gasteiger partial charge in [-0.3, -0.25) is 4.79 Å². The van der Waals surface area contributed by atoms with Crippen molar-refractivity contribution in [3.8, 4) is 5.75 Å². The summed E-state index contributed by atoms with van der Waals surface area (Å²) < 4.78 is 6.39. The molecular weight excluding hydrogens is 378 g/mol. The first-order valence-corrected chi connectivity index (χ1v) is 9.30. The first-order valence-electron chi connectivity index (χ1n) is 8.13. The maximum absolute atomic E-state index is 12.1. The summed E-state index contributed by atoms with van der Waals surface area (Å²) in [6.07, 6.45) is 4.45. The Kier molecular flexibility index (Phi) is 6.38. The molecule has 1 aliphatic carbocycles. The van der Waals surface area contributed by atoms with Crippen LogP contribution in [0.2, 0.25) is 5.02 Å². The zero-order valence-electron chi connectivity index (χ0n) is 14.0. The van der Waals surface area contributed by atoms with Crippen LogP contribution in [0.3, 0.4) is 0 Å². The van der Waals surface area contributed by atoms with E-state index in [9.17, 15) is 4.79 Å². The Morgan fingerprint density at radius 2 is 1.96 bits per heavy atom. The Balaban J connectivity index is 1.75. The molecular formula is C18H25BrClNO2. The smallest absolute Gasteiger partial charge is 0.258 e. The van der Waals surface area contributed by atoms with Crippen LogP contribution in [0.5, 0.6) is 5.75 Å². The summed E-state index contributed by atoms with van der Waals surface area (Å²) in [6, 6.07) is 5.62. The Hall–Kier alpha value is -0.740. The topological polar surface area (TPSA) is 38.3 Å². The van der Waals surface area contributed by atoms with E-state index in [-0.39, 0.29) is 18.6 Å². The molecule has 1 fully saturated rings. The van der Waals surface area contributed by atoms with Gasteiger partial charge in [0.25, 0.3) is 5.91 Å². The molecule has 0 unspecified atom stereocenters. The Bertz CT molecular complexity index is 548. The molecule has 1 aliphatic rings. The molecule has 0 aliphatic heterocycles. The molecule has 0 saturated heterocycles. The molecule has 1 saturated carbocycles. The van der Waals surface area contributed by atoms with Gasteiger partial charge in [-0.15, -0.1) is 0 Å². The second-order valence-electron chi connectivity index (χ2n) is 7.35. The summed E-state index contributed by atoms with van der Waals surface area (Å²) in [5.74, 6) is 1.19. The van der Waals surface area contributed by atoms with Crippen LogP contribution in [0.1, 0.15) is 46.5 Å². The average molecular weight is 403 g/mol. The molecule has 3 nitrogen and oxygen atoms in total. The van der Waals surface area contributed by atoms with Crippen LogP contribution in [0, 0.1) is 11.3 Å². The van der Waals surface area contributed by atoms with Crippen molar-refractivity contribution in [1.29, 1.82) is 0 Å². The number of amides is 1. The zero-order chi connectivity index (χ0) is 17.0. The Morgan fingerprint density at radius 1 is 1.30 bits per heavy atom. The van der Waals surface area contributed by atoms with Crippen LogP contribution in [0.25, 0.3) is 0 Å². The van der Waals surface area contributed by atoms with Gasteiger partial charge in [0.05, 0.1) is 5.02 Å². The van der Waals surface area contributed by atoms with Crippen molar-refractivity contribution < 1.29 is 9.53 Å². The molecule has 2 rings (SSSR count). The SMILES string of the molecule is CC(C)(C)C1CCC(NC(=O)COc2ccc(Br)cc2Cl)CC1. The lowest BCUT2D eigenvalue weighted by Gasteiger charge is -2.37. The van der Waals surface area contributed by atoms with Gasteiger partial charge in [-0.05, 0) is 55.2 Å². The van der Waals surface area contributed by atoms with Gasteiger partial charge in [-0.1, -0.05) is 48.3 Å². The van der Waals surface area contributed by atoms with Crippen LogP contribution in [0.4, 0.5) is 0 Å². The van der Waals surface area contributed by atoms with Crippen molar-refractivity contribution in [2.24, 2.45) is 11.3 Å². The van der Waals surface area contributed by atoms with E-state index in [1.54, 1.807) is 12.1 Å². The highest BCUT2D eigenvalue weighted by atomic mass is 79.9. The molecule has 5 heteroatoms. The van der Waals surface area contributed by atoms with Gasteiger partial charge >= 0.3 is 0 Å². The molecule has 1 aromatic rings. The zero-order valence-corrected chi connectivity index (χ0v) is 16.3. The third-order valence-corrected chi connectivity index (χ3v) is 5.36. The van der Waals surface area contributed by atoms with E-state index in [2.05, 4.69) is 42.0 Å². The number of rotatable bonds is 4. The molecule has 1 amide bonds. The second-order valence-corrected chi connectivity index (χ2v) is 8.67. The maximum atomic E-state index is 12.1. The van der Waals surface area contributed by atoms with E-state index in [0.717, 1.165) is 23.2 Å². The number of carbonyl (C=O) groups is 1. The molecule has 128 valence electrons. The van der Waals surface area contributed by atoms with Crippen molar-refractivity contribution >= 4 is 33.4 Å². The summed E-state index contributed by atoms with van der Waals surface area (Å²) in [5, 5.41) is 3.57. The van der Waals surface area contributed by atoms with Gasteiger partial charge in [0.2, 0.25) is 0 Å². The highest BCUT2D eigenvalue weighted by Crippen LogP contribution is 2.37. The summed E-state index contributed by atoms with van der Waals surface area (Å²) in [7, 11) is 0. The van der Waals surface area contributed by atoms with Crippen LogP contribution in [0.15, 0.2) is 22.7 Å². The predicted octanol–water partition coefficient (Wildman–Crippen LogP) is 5.20. The number of ether oxygens (including phenoxy) is 1. The first kappa shape index (κ1) is 18.6. The summed E-state index contributed by atoms with van der Waals surface area (Å²) >= 11 is 9.42. The van der Waals surface area contributed by atoms with Crippen LogP contribution < -0.4 is 10.1 Å². The minimum atomic E-state index is -0.0804. The number of nitrogens with one attached hydrogen (secondary N) is 1. The van der Waals surface area contributed by atoms with Gasteiger partial charge < -0.3 is 10.1 Å². The van der Waals surface area contributed by atoms with Crippen molar-refractivity contribution in [1.82, 2.24) is 5.32 Å². The number of halogens is 2. The minimum absolute atomic E-state index is 0.000547. The fraction of sp³-hybridized carbons (Fsp3) is 0.611. The van der Waals surface area contributed by atoms with Crippen molar-refractivity contribution in [3.63, 3.8) is 0 Å². The van der Waals surface area contributed by atoms with Crippen molar-refractivity contribution in [3.05, 3.63) is 27.7 Å². The largest absolute Gasteiger partial charge is 0.482 e. The summed E-state index contributed by atoms with van der Waals surface area (Å²) in [6.45, 7) is 6.89. The molecule has 1 N–H and O–H groups in total.